The number of hydrogen-bond donors (Lipinski definition) is 2. The molecule has 0 saturated carbocycles. The largest absolute Gasteiger partial charge is 0.353 e. The van der Waals surface area contributed by atoms with E-state index in [1.54, 1.807) is 11.8 Å². The summed E-state index contributed by atoms with van der Waals surface area (Å²) in [6.45, 7) is 6.76. The Labute approximate surface area is 84.8 Å². The van der Waals surface area contributed by atoms with Gasteiger partial charge in [-0.2, -0.15) is 11.8 Å². The van der Waals surface area contributed by atoms with Gasteiger partial charge < -0.3 is 11.1 Å². The fourth-order valence-electron chi connectivity index (χ4n) is 0.689. The van der Waals surface area contributed by atoms with E-state index in [9.17, 15) is 4.79 Å². The van der Waals surface area contributed by atoms with Crippen LogP contribution in [0.2, 0.25) is 0 Å². The van der Waals surface area contributed by atoms with Crippen LogP contribution < -0.4 is 11.1 Å². The molecule has 0 aliphatic heterocycles. The van der Waals surface area contributed by atoms with Gasteiger partial charge in [0.1, 0.15) is 0 Å². The molecule has 0 bridgehead atoms. The predicted octanol–water partition coefficient (Wildman–Crippen LogP) is 0.981. The molecule has 13 heavy (non-hydrogen) atoms. The topological polar surface area (TPSA) is 55.1 Å². The maximum Gasteiger partial charge on any atom is 0.236 e. The van der Waals surface area contributed by atoms with Gasteiger partial charge in [-0.3, -0.25) is 4.79 Å². The zero-order valence-electron chi connectivity index (χ0n) is 8.89. The second-order valence-electron chi connectivity index (χ2n) is 3.70. The van der Waals surface area contributed by atoms with Crippen molar-refractivity contribution >= 4 is 17.7 Å². The van der Waals surface area contributed by atoms with Crippen LogP contribution in [0.15, 0.2) is 0 Å². The predicted molar refractivity (Wildman–Crippen MR) is 58.9 cm³/mol. The van der Waals surface area contributed by atoms with Crippen molar-refractivity contribution in [1.29, 1.82) is 0 Å². The Bertz CT molecular complexity index is 171. The van der Waals surface area contributed by atoms with E-state index < -0.39 is 0 Å². The summed E-state index contributed by atoms with van der Waals surface area (Å²) in [6.07, 6.45) is 2.72. The summed E-state index contributed by atoms with van der Waals surface area (Å²) in [5.41, 5.74) is 5.57. The number of nitrogens with one attached hydrogen (secondary N) is 1. The van der Waals surface area contributed by atoms with Crippen LogP contribution >= 0.6 is 11.8 Å². The van der Waals surface area contributed by atoms with Gasteiger partial charge in [0.15, 0.2) is 0 Å². The Kier molecular flexibility index (Phi) is 5.40. The van der Waals surface area contributed by atoms with Crippen molar-refractivity contribution in [3.63, 3.8) is 0 Å². The lowest BCUT2D eigenvalue weighted by Crippen LogP contribution is -2.44. The van der Waals surface area contributed by atoms with Crippen molar-refractivity contribution in [3.05, 3.63) is 0 Å². The van der Waals surface area contributed by atoms with Crippen LogP contribution in [0.4, 0.5) is 0 Å². The highest BCUT2D eigenvalue weighted by Gasteiger charge is 2.18. The van der Waals surface area contributed by atoms with Gasteiger partial charge in [0.25, 0.3) is 0 Å². The summed E-state index contributed by atoms with van der Waals surface area (Å²) in [7, 11) is 0. The van der Waals surface area contributed by atoms with Gasteiger partial charge in [0.2, 0.25) is 5.91 Å². The summed E-state index contributed by atoms with van der Waals surface area (Å²) in [5.74, 6) is -0.0513. The smallest absolute Gasteiger partial charge is 0.236 e. The van der Waals surface area contributed by atoms with Gasteiger partial charge in [-0.05, 0) is 26.5 Å². The third kappa shape index (κ3) is 5.16. The van der Waals surface area contributed by atoms with Crippen molar-refractivity contribution in [3.8, 4) is 0 Å². The van der Waals surface area contributed by atoms with Crippen LogP contribution in [0.5, 0.6) is 0 Å². The van der Waals surface area contributed by atoms with E-state index in [0.717, 1.165) is 0 Å². The quantitative estimate of drug-likeness (QED) is 0.702. The first-order chi connectivity index (χ1) is 5.93. The van der Waals surface area contributed by atoms with E-state index in [4.69, 9.17) is 5.73 Å². The van der Waals surface area contributed by atoms with Gasteiger partial charge in [0, 0.05) is 11.3 Å². The highest BCUT2D eigenvalue weighted by Crippen LogP contribution is 2.19. The maximum absolute atomic E-state index is 11.3. The third-order valence-corrected chi connectivity index (χ3v) is 3.27. The van der Waals surface area contributed by atoms with E-state index in [1.165, 1.54) is 0 Å². The lowest BCUT2D eigenvalue weighted by molar-refractivity contribution is -0.122. The van der Waals surface area contributed by atoms with Crippen molar-refractivity contribution in [2.24, 2.45) is 5.73 Å². The SMILES string of the molecule is CC[C@H](N)C(=O)NCC(C)(C)SC. The van der Waals surface area contributed by atoms with E-state index in [2.05, 4.69) is 19.2 Å². The minimum Gasteiger partial charge on any atom is -0.353 e. The van der Waals surface area contributed by atoms with Crippen molar-refractivity contribution < 1.29 is 4.79 Å². The van der Waals surface area contributed by atoms with Crippen molar-refractivity contribution in [2.45, 2.75) is 38.0 Å². The Morgan fingerprint density at radius 2 is 2.15 bits per heavy atom. The minimum atomic E-state index is -0.363. The zero-order valence-corrected chi connectivity index (χ0v) is 9.70. The fraction of sp³-hybridized carbons (Fsp3) is 0.889. The second kappa shape index (κ2) is 5.50. The molecule has 0 spiro atoms. The van der Waals surface area contributed by atoms with Crippen LogP contribution in [-0.2, 0) is 4.79 Å². The average Bonchev–Trinajstić information content (AvgIpc) is 2.13. The van der Waals surface area contributed by atoms with Gasteiger partial charge in [-0.1, -0.05) is 6.92 Å². The molecular weight excluding hydrogens is 184 g/mol. The molecule has 0 radical (unpaired) electrons. The molecule has 0 saturated heterocycles. The maximum atomic E-state index is 11.3. The molecule has 0 heterocycles. The molecule has 0 aliphatic carbocycles. The molecule has 0 unspecified atom stereocenters. The highest BCUT2D eigenvalue weighted by molar-refractivity contribution is 7.99. The number of thioether (sulfide) groups is 1. The molecule has 4 heteroatoms. The number of carbonyl (C=O) groups is 1. The lowest BCUT2D eigenvalue weighted by atomic mass is 10.2. The summed E-state index contributed by atoms with van der Waals surface area (Å²) in [6, 6.07) is -0.363. The van der Waals surface area contributed by atoms with Crippen LogP contribution in [0, 0.1) is 0 Å². The number of hydrogen-bond acceptors (Lipinski definition) is 3. The molecule has 0 aromatic rings. The van der Waals surface area contributed by atoms with Crippen LogP contribution in [-0.4, -0.2) is 29.5 Å². The number of amides is 1. The standard InChI is InChI=1S/C9H20N2OS/c1-5-7(10)8(12)11-6-9(2,3)13-4/h7H,5-6,10H2,1-4H3,(H,11,12)/t7-/m0/s1. The van der Waals surface area contributed by atoms with E-state index in [1.807, 2.05) is 13.2 Å². The third-order valence-electron chi connectivity index (χ3n) is 2.02. The lowest BCUT2D eigenvalue weighted by Gasteiger charge is -2.23. The van der Waals surface area contributed by atoms with Crippen molar-refractivity contribution in [2.75, 3.05) is 12.8 Å². The average molecular weight is 204 g/mol. The van der Waals surface area contributed by atoms with Gasteiger partial charge in [-0.15, -0.1) is 0 Å². The molecule has 3 N–H and O–H groups in total. The Morgan fingerprint density at radius 3 is 2.54 bits per heavy atom. The van der Waals surface area contributed by atoms with E-state index >= 15 is 0 Å². The molecule has 0 fully saturated rings. The molecular formula is C9H20N2OS. The molecule has 0 rings (SSSR count). The molecule has 0 aromatic carbocycles. The number of nitrogens with two attached hydrogens (primary N) is 1. The fourth-order valence-corrected chi connectivity index (χ4v) is 0.905. The molecule has 3 nitrogen and oxygen atoms in total. The normalized spacial score (nSPS) is 13.9. The second-order valence-corrected chi connectivity index (χ2v) is 5.21. The van der Waals surface area contributed by atoms with Crippen molar-refractivity contribution in [1.82, 2.24) is 5.32 Å². The molecule has 78 valence electrons. The van der Waals surface area contributed by atoms with Crippen LogP contribution in [0.1, 0.15) is 27.2 Å². The molecule has 1 atom stereocenters. The van der Waals surface area contributed by atoms with E-state index in [0.29, 0.717) is 13.0 Å². The monoisotopic (exact) mass is 204 g/mol. The Morgan fingerprint density at radius 1 is 1.62 bits per heavy atom. The first-order valence-electron chi connectivity index (χ1n) is 4.51. The molecule has 0 aromatic heterocycles. The van der Waals surface area contributed by atoms with E-state index in [-0.39, 0.29) is 16.7 Å². The molecule has 1 amide bonds. The van der Waals surface area contributed by atoms with Crippen LogP contribution in [0.25, 0.3) is 0 Å². The summed E-state index contributed by atoms with van der Waals surface area (Å²) in [4.78, 5) is 11.3. The summed E-state index contributed by atoms with van der Waals surface area (Å²) >= 11 is 1.73. The first-order valence-corrected chi connectivity index (χ1v) is 5.74. The minimum absolute atomic E-state index is 0.0513. The highest BCUT2D eigenvalue weighted by atomic mass is 32.2. The zero-order chi connectivity index (χ0) is 10.5. The van der Waals surface area contributed by atoms with Gasteiger partial charge in [0.05, 0.1) is 6.04 Å². The van der Waals surface area contributed by atoms with Gasteiger partial charge >= 0.3 is 0 Å². The summed E-state index contributed by atoms with van der Waals surface area (Å²) in [5, 5.41) is 2.84. The Hall–Kier alpha value is -0.220. The van der Waals surface area contributed by atoms with Crippen LogP contribution in [0.3, 0.4) is 0 Å². The van der Waals surface area contributed by atoms with Gasteiger partial charge in [-0.25, -0.2) is 0 Å². The number of carbonyl (C=O) groups excluding carboxylic acids is 1. The number of rotatable bonds is 5. The first kappa shape index (κ1) is 12.8. The Balaban J connectivity index is 3.83. The summed E-state index contributed by atoms with van der Waals surface area (Å²) < 4.78 is 0.0864. The molecule has 0 aliphatic rings.